The molecule has 0 aromatic heterocycles. The maximum atomic E-state index is 12.6. The van der Waals surface area contributed by atoms with Gasteiger partial charge in [0.25, 0.3) is 0 Å². The van der Waals surface area contributed by atoms with E-state index in [1.807, 2.05) is 27.2 Å². The number of nitrogens with zero attached hydrogens (tertiary/aromatic N) is 1. The quantitative estimate of drug-likeness (QED) is 0.0285. The van der Waals surface area contributed by atoms with Gasteiger partial charge >= 0.3 is 7.82 Å². The number of quaternary nitrogens is 1. The van der Waals surface area contributed by atoms with Gasteiger partial charge in [-0.1, -0.05) is 127 Å². The summed E-state index contributed by atoms with van der Waals surface area (Å²) in [6.07, 6.45) is 33.8. The van der Waals surface area contributed by atoms with E-state index in [1.165, 1.54) is 77.0 Å². The zero-order chi connectivity index (χ0) is 34.4. The number of nitrogens with one attached hydrogen (secondary N) is 1. The van der Waals surface area contributed by atoms with E-state index >= 15 is 0 Å². The predicted octanol–water partition coefficient (Wildman–Crippen LogP) is 9.18. The third kappa shape index (κ3) is 31.3. The molecule has 0 radical (unpaired) electrons. The van der Waals surface area contributed by atoms with Crippen LogP contribution < -0.4 is 5.32 Å². The SMILES string of the molecule is CCCCCCCCCC/C=C/CC/C=C/CC/C=C/C(O)C(COP(=O)(O)OCC[N+](C)(C)C)NC(=O)CCCCCCCC. The Morgan fingerprint density at radius 1 is 0.717 bits per heavy atom. The molecule has 270 valence electrons. The number of allylic oxidation sites excluding steroid dienone is 5. The van der Waals surface area contributed by atoms with Gasteiger partial charge in [0, 0.05) is 6.42 Å². The minimum Gasteiger partial charge on any atom is -0.387 e. The summed E-state index contributed by atoms with van der Waals surface area (Å²) in [5, 5.41) is 13.6. The van der Waals surface area contributed by atoms with Crippen LogP contribution in [0.5, 0.6) is 0 Å². The van der Waals surface area contributed by atoms with E-state index in [9.17, 15) is 19.4 Å². The van der Waals surface area contributed by atoms with Crippen molar-refractivity contribution in [2.45, 2.75) is 154 Å². The van der Waals surface area contributed by atoms with E-state index in [-0.39, 0.29) is 19.1 Å². The van der Waals surface area contributed by atoms with Crippen molar-refractivity contribution in [3.8, 4) is 0 Å². The fourth-order valence-electron chi connectivity index (χ4n) is 4.83. The highest BCUT2D eigenvalue weighted by Gasteiger charge is 2.27. The Labute approximate surface area is 283 Å². The molecule has 0 bridgehead atoms. The molecule has 8 nitrogen and oxygen atoms in total. The van der Waals surface area contributed by atoms with Gasteiger partial charge in [0.15, 0.2) is 0 Å². The molecule has 0 aliphatic rings. The van der Waals surface area contributed by atoms with Gasteiger partial charge in [-0.05, 0) is 44.9 Å². The number of hydrogen-bond donors (Lipinski definition) is 3. The van der Waals surface area contributed by atoms with Crippen LogP contribution in [0.2, 0.25) is 0 Å². The number of carbonyl (C=O) groups excluding carboxylic acids is 1. The Morgan fingerprint density at radius 2 is 1.20 bits per heavy atom. The second kappa shape index (κ2) is 29.8. The van der Waals surface area contributed by atoms with E-state index in [0.717, 1.165) is 44.9 Å². The number of rotatable bonds is 32. The lowest BCUT2D eigenvalue weighted by Crippen LogP contribution is -2.45. The maximum Gasteiger partial charge on any atom is 0.472 e. The molecule has 0 spiro atoms. The minimum absolute atomic E-state index is 0.0535. The van der Waals surface area contributed by atoms with Gasteiger partial charge in [-0.2, -0.15) is 0 Å². The fourth-order valence-corrected chi connectivity index (χ4v) is 5.57. The van der Waals surface area contributed by atoms with E-state index in [0.29, 0.717) is 17.4 Å². The van der Waals surface area contributed by atoms with E-state index in [1.54, 1.807) is 6.08 Å². The topological polar surface area (TPSA) is 105 Å². The second-order valence-electron chi connectivity index (χ2n) is 13.6. The molecule has 0 saturated heterocycles. The highest BCUT2D eigenvalue weighted by molar-refractivity contribution is 7.47. The first-order valence-electron chi connectivity index (χ1n) is 18.4. The Bertz CT molecular complexity index is 855. The molecule has 0 heterocycles. The third-order valence-electron chi connectivity index (χ3n) is 7.84. The largest absolute Gasteiger partial charge is 0.472 e. The smallest absolute Gasteiger partial charge is 0.387 e. The van der Waals surface area contributed by atoms with Crippen LogP contribution in [0.25, 0.3) is 0 Å². The summed E-state index contributed by atoms with van der Waals surface area (Å²) in [7, 11) is 1.54. The summed E-state index contributed by atoms with van der Waals surface area (Å²) < 4.78 is 23.3. The highest BCUT2D eigenvalue weighted by Crippen LogP contribution is 2.43. The highest BCUT2D eigenvalue weighted by atomic mass is 31.2. The summed E-state index contributed by atoms with van der Waals surface area (Å²) in [4.78, 5) is 22.8. The van der Waals surface area contributed by atoms with Crippen LogP contribution in [0.4, 0.5) is 0 Å². The lowest BCUT2D eigenvalue weighted by molar-refractivity contribution is -0.870. The average Bonchev–Trinajstić information content (AvgIpc) is 2.99. The van der Waals surface area contributed by atoms with Crippen LogP contribution in [0.1, 0.15) is 142 Å². The number of likely N-dealkylation sites (N-methyl/N-ethyl adjacent to an activating group) is 1. The number of aliphatic hydroxyl groups excluding tert-OH is 1. The summed E-state index contributed by atoms with van der Waals surface area (Å²) in [6, 6.07) is -0.862. The van der Waals surface area contributed by atoms with E-state index < -0.39 is 20.0 Å². The van der Waals surface area contributed by atoms with Crippen LogP contribution in [0.15, 0.2) is 36.5 Å². The molecule has 46 heavy (non-hydrogen) atoms. The van der Waals surface area contributed by atoms with Crippen molar-refractivity contribution < 1.29 is 32.9 Å². The van der Waals surface area contributed by atoms with E-state index in [4.69, 9.17) is 9.05 Å². The molecule has 0 aliphatic heterocycles. The van der Waals surface area contributed by atoms with Crippen molar-refractivity contribution >= 4 is 13.7 Å². The van der Waals surface area contributed by atoms with Gasteiger partial charge in [0.1, 0.15) is 13.2 Å². The van der Waals surface area contributed by atoms with Crippen LogP contribution in [0.3, 0.4) is 0 Å². The van der Waals surface area contributed by atoms with Crippen molar-refractivity contribution in [3.05, 3.63) is 36.5 Å². The molecule has 3 unspecified atom stereocenters. The van der Waals surface area contributed by atoms with Crippen molar-refractivity contribution in [3.63, 3.8) is 0 Å². The molecule has 0 aromatic rings. The van der Waals surface area contributed by atoms with Crippen LogP contribution in [-0.2, 0) is 18.4 Å². The lowest BCUT2D eigenvalue weighted by Gasteiger charge is -2.25. The number of aliphatic hydroxyl groups is 1. The second-order valence-corrected chi connectivity index (χ2v) is 15.0. The number of hydrogen-bond acceptors (Lipinski definition) is 5. The summed E-state index contributed by atoms with van der Waals surface area (Å²) in [5.74, 6) is -0.204. The lowest BCUT2D eigenvalue weighted by atomic mass is 10.1. The predicted molar refractivity (Wildman–Crippen MR) is 194 cm³/mol. The molecule has 0 rings (SSSR count). The Hall–Kier alpha value is -1.28. The van der Waals surface area contributed by atoms with Gasteiger partial charge in [0.2, 0.25) is 5.91 Å². The molecule has 9 heteroatoms. The summed E-state index contributed by atoms with van der Waals surface area (Å²) >= 11 is 0. The Balaban J connectivity index is 4.52. The zero-order valence-electron chi connectivity index (χ0n) is 30.3. The van der Waals surface area contributed by atoms with Crippen molar-refractivity contribution in [2.24, 2.45) is 0 Å². The normalized spacial score (nSPS) is 15.2. The molecule has 0 aliphatic carbocycles. The number of phosphoric ester groups is 1. The first-order valence-corrected chi connectivity index (χ1v) is 19.9. The first kappa shape index (κ1) is 44.7. The van der Waals surface area contributed by atoms with Crippen molar-refractivity contribution in [1.29, 1.82) is 0 Å². The Morgan fingerprint density at radius 3 is 1.74 bits per heavy atom. The fraction of sp³-hybridized carbons (Fsp3) is 0.811. The van der Waals surface area contributed by atoms with E-state index in [2.05, 4.69) is 43.5 Å². The van der Waals surface area contributed by atoms with Gasteiger partial charge in [-0.3, -0.25) is 13.8 Å². The van der Waals surface area contributed by atoms with Gasteiger partial charge in [0.05, 0.1) is 39.9 Å². The summed E-state index contributed by atoms with van der Waals surface area (Å²) in [5.41, 5.74) is 0. The number of amides is 1. The van der Waals surface area contributed by atoms with Crippen LogP contribution >= 0.6 is 7.82 Å². The molecule has 3 N–H and O–H groups in total. The zero-order valence-corrected chi connectivity index (χ0v) is 31.2. The monoisotopic (exact) mass is 672 g/mol. The standard InChI is InChI=1S/C37H71N2O6P/c1-6-8-10-12-14-15-16-17-18-19-20-21-22-23-24-25-26-28-30-36(40)35(38-37(41)31-29-27-13-11-9-7-2)34-45-46(42,43)44-33-32-39(3,4)5/h19-20,23-24,28,30,35-36,40H,6-18,21-22,25-27,29,31-34H2,1-5H3,(H-,38,41,42,43)/p+1/b20-19+,24-23+,30-28+. The molecule has 0 fully saturated rings. The molecule has 3 atom stereocenters. The van der Waals surface area contributed by atoms with Crippen LogP contribution in [0, 0.1) is 0 Å². The summed E-state index contributed by atoms with van der Waals surface area (Å²) in [6.45, 7) is 4.68. The Kier molecular flexibility index (Phi) is 29.0. The number of phosphoric acid groups is 1. The van der Waals surface area contributed by atoms with Crippen LogP contribution in [-0.4, -0.2) is 73.4 Å². The van der Waals surface area contributed by atoms with Gasteiger partial charge < -0.3 is 19.8 Å². The molecule has 0 aromatic carbocycles. The minimum atomic E-state index is -4.33. The van der Waals surface area contributed by atoms with Crippen molar-refractivity contribution in [1.82, 2.24) is 5.32 Å². The maximum absolute atomic E-state index is 12.6. The third-order valence-corrected chi connectivity index (χ3v) is 8.82. The van der Waals surface area contributed by atoms with Gasteiger partial charge in [-0.25, -0.2) is 4.57 Å². The number of unbranched alkanes of at least 4 members (excludes halogenated alkanes) is 15. The van der Waals surface area contributed by atoms with Crippen molar-refractivity contribution in [2.75, 3.05) is 40.9 Å². The first-order chi connectivity index (χ1) is 22.0. The molecule has 0 saturated carbocycles. The molecule has 1 amide bonds. The number of carbonyl (C=O) groups is 1. The van der Waals surface area contributed by atoms with Gasteiger partial charge in [-0.15, -0.1) is 0 Å². The molecular formula is C37H72N2O6P+. The average molecular weight is 672 g/mol. The molecular weight excluding hydrogens is 599 g/mol.